The Kier molecular flexibility index (Phi) is 7.57. The molecule has 5 rings (SSSR count). The Hall–Kier alpha value is -3.19. The summed E-state index contributed by atoms with van der Waals surface area (Å²) in [4.78, 5) is 41.3. The molecule has 198 valence electrons. The van der Waals surface area contributed by atoms with Crippen LogP contribution in [0.1, 0.15) is 68.1 Å². The Morgan fingerprint density at radius 1 is 0.974 bits per heavy atom. The zero-order valence-corrected chi connectivity index (χ0v) is 23.7. The van der Waals surface area contributed by atoms with Crippen LogP contribution in [-0.4, -0.2) is 35.5 Å². The Labute approximate surface area is 232 Å². The molecule has 0 atom stereocenters. The van der Waals surface area contributed by atoms with Gasteiger partial charge in [-0.3, -0.25) is 14.4 Å². The lowest BCUT2D eigenvalue weighted by Crippen LogP contribution is -2.39. The van der Waals surface area contributed by atoms with Crippen molar-refractivity contribution < 1.29 is 19.1 Å². The van der Waals surface area contributed by atoms with Crippen LogP contribution in [0.25, 0.3) is 0 Å². The number of allylic oxidation sites excluding steroid dienone is 4. The quantitative estimate of drug-likeness (QED) is 0.424. The molecule has 0 saturated heterocycles. The van der Waals surface area contributed by atoms with E-state index in [1.54, 1.807) is 0 Å². The number of amides is 1. The summed E-state index contributed by atoms with van der Waals surface area (Å²) in [5, 5.41) is 2.90. The van der Waals surface area contributed by atoms with Gasteiger partial charge < -0.3 is 15.0 Å². The maximum atomic E-state index is 13.3. The predicted molar refractivity (Wildman–Crippen MR) is 151 cm³/mol. The van der Waals surface area contributed by atoms with Crippen LogP contribution in [0.15, 0.2) is 63.4 Å². The minimum absolute atomic E-state index is 0.137. The number of nitrogens with zero attached hydrogens (tertiary/aromatic N) is 1. The van der Waals surface area contributed by atoms with Crippen LogP contribution in [0.3, 0.4) is 0 Å². The smallest absolute Gasteiger partial charge is 0.262 e. The second-order valence-electron chi connectivity index (χ2n) is 10.3. The molecule has 0 aromatic heterocycles. The third kappa shape index (κ3) is 4.96. The number of benzene rings is 2. The molecule has 3 aliphatic rings. The van der Waals surface area contributed by atoms with E-state index in [0.29, 0.717) is 23.1 Å². The second kappa shape index (κ2) is 10.9. The third-order valence-electron chi connectivity index (χ3n) is 7.71. The van der Waals surface area contributed by atoms with Gasteiger partial charge in [-0.1, -0.05) is 23.8 Å². The average Bonchev–Trinajstić information content (AvgIpc) is 2.89. The lowest BCUT2D eigenvalue weighted by molar-refractivity contribution is -0.118. The van der Waals surface area contributed by atoms with Gasteiger partial charge in [-0.15, -0.1) is 0 Å². The van der Waals surface area contributed by atoms with Gasteiger partial charge in [-0.2, -0.15) is 0 Å². The first kappa shape index (κ1) is 26.4. The van der Waals surface area contributed by atoms with E-state index < -0.39 is 0 Å². The minimum Gasteiger partial charge on any atom is -0.483 e. The standard InChI is InChI=1S/C31H33BrN2O4/c1-4-34-23-7-5-9-25(35)30(23)29(31-24(34)8-6-10-26(31)36)20-12-14-27(21(32)16-20)38-17-28(37)33-22-13-11-18(2)15-19(22)3/h11-16,29H,4-10,17H2,1-3H3,(H,33,37). The van der Waals surface area contributed by atoms with E-state index in [-0.39, 0.29) is 30.0 Å². The fraction of sp³-hybridized carbons (Fsp3) is 0.387. The molecule has 0 bridgehead atoms. The number of carbonyl (C=O) groups excluding carboxylic acids is 3. The summed E-state index contributed by atoms with van der Waals surface area (Å²) >= 11 is 3.61. The highest BCUT2D eigenvalue weighted by molar-refractivity contribution is 9.10. The molecule has 0 fully saturated rings. The van der Waals surface area contributed by atoms with Crippen LogP contribution >= 0.6 is 15.9 Å². The highest BCUT2D eigenvalue weighted by Gasteiger charge is 2.42. The molecule has 0 saturated carbocycles. The van der Waals surface area contributed by atoms with Gasteiger partial charge in [0.05, 0.1) is 4.47 Å². The van der Waals surface area contributed by atoms with Crippen molar-refractivity contribution in [1.29, 1.82) is 0 Å². The highest BCUT2D eigenvalue weighted by atomic mass is 79.9. The average molecular weight is 578 g/mol. The van der Waals surface area contributed by atoms with Gasteiger partial charge in [0.25, 0.3) is 5.91 Å². The van der Waals surface area contributed by atoms with Crippen LogP contribution < -0.4 is 10.1 Å². The Morgan fingerprint density at radius 3 is 2.21 bits per heavy atom. The van der Waals surface area contributed by atoms with E-state index in [2.05, 4.69) is 33.1 Å². The molecule has 1 amide bonds. The van der Waals surface area contributed by atoms with Crippen molar-refractivity contribution in [3.8, 4) is 5.75 Å². The van der Waals surface area contributed by atoms with E-state index >= 15 is 0 Å². The number of carbonyl (C=O) groups is 3. The van der Waals surface area contributed by atoms with Crippen molar-refractivity contribution in [3.63, 3.8) is 0 Å². The Balaban J connectivity index is 1.41. The first-order valence-corrected chi connectivity index (χ1v) is 14.2. The maximum absolute atomic E-state index is 13.3. The first-order valence-electron chi connectivity index (χ1n) is 13.4. The molecule has 2 aromatic rings. The number of hydrogen-bond donors (Lipinski definition) is 1. The zero-order valence-electron chi connectivity index (χ0n) is 22.2. The maximum Gasteiger partial charge on any atom is 0.262 e. The van der Waals surface area contributed by atoms with Crippen LogP contribution in [0, 0.1) is 13.8 Å². The number of ether oxygens (including phenoxy) is 1. The molecule has 0 radical (unpaired) electrons. The van der Waals surface area contributed by atoms with Crippen molar-refractivity contribution in [2.24, 2.45) is 0 Å². The zero-order chi connectivity index (χ0) is 27.0. The second-order valence-corrected chi connectivity index (χ2v) is 11.2. The fourth-order valence-electron chi connectivity index (χ4n) is 6.03. The van der Waals surface area contributed by atoms with Gasteiger partial charge in [-0.25, -0.2) is 0 Å². The molecule has 1 aliphatic heterocycles. The predicted octanol–water partition coefficient (Wildman–Crippen LogP) is 6.52. The molecular weight excluding hydrogens is 544 g/mol. The molecule has 1 heterocycles. The molecule has 2 aliphatic carbocycles. The van der Waals surface area contributed by atoms with Gasteiger partial charge in [0, 0.05) is 53.5 Å². The molecular formula is C31H33BrN2O4. The molecule has 0 unspecified atom stereocenters. The van der Waals surface area contributed by atoms with Gasteiger partial charge in [-0.05, 0) is 91.7 Å². The summed E-state index contributed by atoms with van der Waals surface area (Å²) in [6, 6.07) is 11.5. The normalized spacial score (nSPS) is 17.9. The van der Waals surface area contributed by atoms with E-state index in [1.165, 1.54) is 0 Å². The number of anilines is 1. The summed E-state index contributed by atoms with van der Waals surface area (Å²) in [7, 11) is 0. The van der Waals surface area contributed by atoms with E-state index in [1.807, 2.05) is 50.2 Å². The van der Waals surface area contributed by atoms with Crippen LogP contribution in [0.5, 0.6) is 5.75 Å². The Bertz CT molecular complexity index is 1350. The first-order chi connectivity index (χ1) is 18.3. The van der Waals surface area contributed by atoms with Crippen molar-refractivity contribution in [3.05, 3.63) is 80.1 Å². The monoisotopic (exact) mass is 576 g/mol. The SMILES string of the molecule is CCN1C2=C(C(=O)CCC2)C(c2ccc(OCC(=O)Nc3ccc(C)cc3C)c(Br)c2)C2=C1CCCC2=O. The molecule has 1 N–H and O–H groups in total. The summed E-state index contributed by atoms with van der Waals surface area (Å²) in [6.07, 6.45) is 4.43. The summed E-state index contributed by atoms with van der Waals surface area (Å²) in [5.41, 5.74) is 7.51. The highest BCUT2D eigenvalue weighted by Crippen LogP contribution is 2.49. The van der Waals surface area contributed by atoms with Crippen molar-refractivity contribution in [2.45, 2.75) is 65.2 Å². The number of halogens is 1. The van der Waals surface area contributed by atoms with E-state index in [9.17, 15) is 14.4 Å². The fourth-order valence-corrected chi connectivity index (χ4v) is 6.54. The summed E-state index contributed by atoms with van der Waals surface area (Å²) < 4.78 is 6.53. The number of Topliss-reactive ketones (excluding diaryl/α,β-unsaturated/α-hetero) is 2. The van der Waals surface area contributed by atoms with Gasteiger partial charge in [0.2, 0.25) is 0 Å². The van der Waals surface area contributed by atoms with E-state index in [0.717, 1.165) is 77.1 Å². The van der Waals surface area contributed by atoms with E-state index in [4.69, 9.17) is 4.74 Å². The largest absolute Gasteiger partial charge is 0.483 e. The van der Waals surface area contributed by atoms with Gasteiger partial charge in [0.1, 0.15) is 5.75 Å². The molecule has 2 aromatic carbocycles. The van der Waals surface area contributed by atoms with Crippen LogP contribution in [0.4, 0.5) is 5.69 Å². The minimum atomic E-state index is -0.360. The number of ketones is 2. The molecule has 38 heavy (non-hydrogen) atoms. The summed E-state index contributed by atoms with van der Waals surface area (Å²) in [5.74, 6) is 0.203. The van der Waals surface area contributed by atoms with Gasteiger partial charge >= 0.3 is 0 Å². The number of hydrogen-bond acceptors (Lipinski definition) is 5. The molecule has 7 heteroatoms. The van der Waals surface area contributed by atoms with Gasteiger partial charge in [0.15, 0.2) is 18.2 Å². The third-order valence-corrected chi connectivity index (χ3v) is 8.33. The molecule has 0 spiro atoms. The van der Waals surface area contributed by atoms with Crippen molar-refractivity contribution in [1.82, 2.24) is 4.90 Å². The lowest BCUT2D eigenvalue weighted by Gasteiger charge is -2.43. The number of aryl methyl sites for hydroxylation is 2. The number of nitrogens with one attached hydrogen (secondary N) is 1. The van der Waals surface area contributed by atoms with Crippen molar-refractivity contribution >= 4 is 39.1 Å². The summed E-state index contributed by atoms with van der Waals surface area (Å²) in [6.45, 7) is 6.68. The Morgan fingerprint density at radius 2 is 1.63 bits per heavy atom. The molecule has 6 nitrogen and oxygen atoms in total. The van der Waals surface area contributed by atoms with Crippen LogP contribution in [-0.2, 0) is 14.4 Å². The van der Waals surface area contributed by atoms with Crippen molar-refractivity contribution in [2.75, 3.05) is 18.5 Å². The van der Waals surface area contributed by atoms with Crippen LogP contribution in [0.2, 0.25) is 0 Å². The topological polar surface area (TPSA) is 75.7 Å². The number of rotatable bonds is 6. The lowest BCUT2D eigenvalue weighted by atomic mass is 9.71.